The van der Waals surface area contributed by atoms with Gasteiger partial charge < -0.3 is 10.1 Å². The van der Waals surface area contributed by atoms with Crippen LogP contribution in [0.4, 0.5) is 0 Å². The molecule has 0 amide bonds. The highest BCUT2D eigenvalue weighted by molar-refractivity contribution is 7.10. The molecule has 0 radical (unpaired) electrons. The number of nitrogens with one attached hydrogen (secondary N) is 1. The van der Waals surface area contributed by atoms with Crippen LogP contribution in [0.2, 0.25) is 0 Å². The van der Waals surface area contributed by atoms with Crippen LogP contribution in [0.5, 0.6) is 0 Å². The van der Waals surface area contributed by atoms with Crippen molar-refractivity contribution in [1.82, 2.24) is 5.32 Å². The van der Waals surface area contributed by atoms with E-state index in [1.54, 1.807) is 11.3 Å². The standard InChI is InChI=1S/C14H21NO2S/c1-10(13-7-4-8-18-13)15-12-6-3-5-11(9-12)14(16)17-2/h4,7-8,10-12,15H,3,5-6,9H2,1-2H3/t10-,11?,12?/m0/s1. The Balaban J connectivity index is 1.88. The highest BCUT2D eigenvalue weighted by Gasteiger charge is 2.28. The first-order chi connectivity index (χ1) is 8.70. The van der Waals surface area contributed by atoms with Gasteiger partial charge >= 0.3 is 5.97 Å². The minimum absolute atomic E-state index is 0.0507. The predicted octanol–water partition coefficient (Wildman–Crippen LogP) is 3.13. The topological polar surface area (TPSA) is 38.3 Å². The molecule has 1 aromatic heterocycles. The number of esters is 1. The van der Waals surface area contributed by atoms with E-state index in [2.05, 4.69) is 29.8 Å². The third-order valence-electron chi connectivity index (χ3n) is 3.66. The summed E-state index contributed by atoms with van der Waals surface area (Å²) in [5.41, 5.74) is 0. The molecule has 2 unspecified atom stereocenters. The zero-order valence-corrected chi connectivity index (χ0v) is 11.8. The van der Waals surface area contributed by atoms with Gasteiger partial charge in [-0.25, -0.2) is 0 Å². The molecular weight excluding hydrogens is 246 g/mol. The third-order valence-corrected chi connectivity index (χ3v) is 4.72. The van der Waals surface area contributed by atoms with E-state index in [1.807, 2.05) is 0 Å². The van der Waals surface area contributed by atoms with Gasteiger partial charge in [-0.2, -0.15) is 0 Å². The number of hydrogen-bond donors (Lipinski definition) is 1. The van der Waals surface area contributed by atoms with Crippen LogP contribution < -0.4 is 5.32 Å². The third kappa shape index (κ3) is 3.33. The van der Waals surface area contributed by atoms with Crippen molar-refractivity contribution in [2.75, 3.05) is 7.11 Å². The van der Waals surface area contributed by atoms with Gasteiger partial charge in [-0.15, -0.1) is 11.3 Å². The molecule has 1 fully saturated rings. The number of hydrogen-bond acceptors (Lipinski definition) is 4. The molecular formula is C14H21NO2S. The fourth-order valence-electron chi connectivity index (χ4n) is 2.70. The Morgan fingerprint density at radius 1 is 1.56 bits per heavy atom. The van der Waals surface area contributed by atoms with Gasteiger partial charge in [-0.05, 0) is 37.6 Å². The largest absolute Gasteiger partial charge is 0.469 e. The maximum Gasteiger partial charge on any atom is 0.308 e. The van der Waals surface area contributed by atoms with Gasteiger partial charge in [0.1, 0.15) is 0 Å². The molecule has 0 bridgehead atoms. The van der Waals surface area contributed by atoms with Crippen LogP contribution in [-0.4, -0.2) is 19.1 Å². The van der Waals surface area contributed by atoms with Crippen LogP contribution in [0.15, 0.2) is 17.5 Å². The monoisotopic (exact) mass is 267 g/mol. The van der Waals surface area contributed by atoms with Gasteiger partial charge in [0.2, 0.25) is 0 Å². The molecule has 1 N–H and O–H groups in total. The second-order valence-electron chi connectivity index (χ2n) is 4.99. The Hall–Kier alpha value is -0.870. The Labute approximate surface area is 113 Å². The first kappa shape index (κ1) is 13.6. The van der Waals surface area contributed by atoms with Crippen molar-refractivity contribution < 1.29 is 9.53 Å². The molecule has 18 heavy (non-hydrogen) atoms. The summed E-state index contributed by atoms with van der Waals surface area (Å²) >= 11 is 1.78. The molecule has 3 nitrogen and oxygen atoms in total. The molecule has 0 saturated heterocycles. The molecule has 1 aliphatic carbocycles. The number of ether oxygens (including phenoxy) is 1. The Bertz CT molecular complexity index is 377. The van der Waals surface area contributed by atoms with Crippen molar-refractivity contribution in [3.05, 3.63) is 22.4 Å². The summed E-state index contributed by atoms with van der Waals surface area (Å²) in [6, 6.07) is 5.03. The van der Waals surface area contributed by atoms with E-state index in [9.17, 15) is 4.79 Å². The fraction of sp³-hybridized carbons (Fsp3) is 0.643. The minimum Gasteiger partial charge on any atom is -0.469 e. The Morgan fingerprint density at radius 3 is 3.06 bits per heavy atom. The van der Waals surface area contributed by atoms with Crippen molar-refractivity contribution in [2.24, 2.45) is 5.92 Å². The average Bonchev–Trinajstić information content (AvgIpc) is 2.92. The number of rotatable bonds is 4. The Kier molecular flexibility index (Phi) is 4.78. The van der Waals surface area contributed by atoms with E-state index in [4.69, 9.17) is 4.74 Å². The van der Waals surface area contributed by atoms with E-state index in [1.165, 1.54) is 12.0 Å². The SMILES string of the molecule is COC(=O)C1CCCC(N[C@@H](C)c2cccs2)C1. The number of carbonyl (C=O) groups is 1. The number of methoxy groups -OCH3 is 1. The van der Waals surface area contributed by atoms with Crippen molar-refractivity contribution in [2.45, 2.75) is 44.7 Å². The molecule has 2 rings (SSSR count). The van der Waals surface area contributed by atoms with Gasteiger partial charge in [0.05, 0.1) is 13.0 Å². The maximum atomic E-state index is 11.6. The van der Waals surface area contributed by atoms with Crippen LogP contribution >= 0.6 is 11.3 Å². The smallest absolute Gasteiger partial charge is 0.308 e. The zero-order valence-electron chi connectivity index (χ0n) is 11.0. The maximum absolute atomic E-state index is 11.6. The van der Waals surface area contributed by atoms with Crippen LogP contribution in [0.1, 0.15) is 43.5 Å². The zero-order chi connectivity index (χ0) is 13.0. The predicted molar refractivity (Wildman–Crippen MR) is 73.6 cm³/mol. The van der Waals surface area contributed by atoms with Gasteiger partial charge in [-0.3, -0.25) is 4.79 Å². The van der Waals surface area contributed by atoms with E-state index < -0.39 is 0 Å². The number of carbonyl (C=O) groups excluding carboxylic acids is 1. The molecule has 1 aliphatic rings. The van der Waals surface area contributed by atoms with Crippen molar-refractivity contribution in [1.29, 1.82) is 0 Å². The summed E-state index contributed by atoms with van der Waals surface area (Å²) in [6.45, 7) is 2.19. The van der Waals surface area contributed by atoms with E-state index in [-0.39, 0.29) is 11.9 Å². The summed E-state index contributed by atoms with van der Waals surface area (Å²) in [5.74, 6) is 0.0297. The average molecular weight is 267 g/mol. The van der Waals surface area contributed by atoms with Crippen molar-refractivity contribution in [3.8, 4) is 0 Å². The molecule has 4 heteroatoms. The fourth-order valence-corrected chi connectivity index (χ4v) is 3.44. The first-order valence-electron chi connectivity index (χ1n) is 6.58. The quantitative estimate of drug-likeness (QED) is 0.852. The lowest BCUT2D eigenvalue weighted by molar-refractivity contribution is -0.146. The number of thiophene rings is 1. The van der Waals surface area contributed by atoms with Gasteiger partial charge in [0.15, 0.2) is 0 Å². The lowest BCUT2D eigenvalue weighted by atomic mass is 9.85. The van der Waals surface area contributed by atoms with Crippen molar-refractivity contribution in [3.63, 3.8) is 0 Å². The van der Waals surface area contributed by atoms with Crippen LogP contribution in [0, 0.1) is 5.92 Å². The normalized spacial score (nSPS) is 25.7. The summed E-state index contributed by atoms with van der Waals surface area (Å²) in [7, 11) is 1.48. The molecule has 0 aliphatic heterocycles. The van der Waals surface area contributed by atoms with Gasteiger partial charge in [0, 0.05) is 17.0 Å². The molecule has 1 aromatic rings. The minimum atomic E-state index is -0.0507. The Morgan fingerprint density at radius 2 is 2.39 bits per heavy atom. The van der Waals surface area contributed by atoms with Gasteiger partial charge in [-0.1, -0.05) is 12.5 Å². The second-order valence-corrected chi connectivity index (χ2v) is 5.97. The first-order valence-corrected chi connectivity index (χ1v) is 7.46. The molecule has 3 atom stereocenters. The van der Waals surface area contributed by atoms with Crippen LogP contribution in [0.25, 0.3) is 0 Å². The lowest BCUT2D eigenvalue weighted by Crippen LogP contribution is -2.37. The summed E-state index contributed by atoms with van der Waals surface area (Å²) in [4.78, 5) is 12.9. The molecule has 100 valence electrons. The summed E-state index contributed by atoms with van der Waals surface area (Å²) < 4.78 is 4.85. The second kappa shape index (κ2) is 6.34. The molecule has 0 aromatic carbocycles. The molecule has 1 saturated carbocycles. The van der Waals surface area contributed by atoms with E-state index in [0.29, 0.717) is 12.1 Å². The molecule has 1 heterocycles. The van der Waals surface area contributed by atoms with Crippen molar-refractivity contribution >= 4 is 17.3 Å². The lowest BCUT2D eigenvalue weighted by Gasteiger charge is -2.30. The van der Waals surface area contributed by atoms with E-state index >= 15 is 0 Å². The van der Waals surface area contributed by atoms with Crippen LogP contribution in [0.3, 0.4) is 0 Å². The highest BCUT2D eigenvalue weighted by Crippen LogP contribution is 2.28. The molecule has 0 spiro atoms. The van der Waals surface area contributed by atoms with E-state index in [0.717, 1.165) is 25.7 Å². The van der Waals surface area contributed by atoms with Gasteiger partial charge in [0.25, 0.3) is 0 Å². The summed E-state index contributed by atoms with van der Waals surface area (Å²) in [5, 5.41) is 5.74. The van der Waals surface area contributed by atoms with Crippen LogP contribution in [-0.2, 0) is 9.53 Å². The summed E-state index contributed by atoms with van der Waals surface area (Å²) in [6.07, 6.45) is 4.14. The highest BCUT2D eigenvalue weighted by atomic mass is 32.1.